The van der Waals surface area contributed by atoms with Gasteiger partial charge < -0.3 is 4.42 Å². The number of furan rings is 1. The quantitative estimate of drug-likeness (QED) is 0.281. The van der Waals surface area contributed by atoms with Crippen LogP contribution in [-0.4, -0.2) is 0 Å². The van der Waals surface area contributed by atoms with Gasteiger partial charge >= 0.3 is 0 Å². The first-order valence-electron chi connectivity index (χ1n) is 9.97. The molecule has 0 N–H and O–H groups in total. The van der Waals surface area contributed by atoms with E-state index in [9.17, 15) is 0 Å². The van der Waals surface area contributed by atoms with Gasteiger partial charge in [0.15, 0.2) is 0 Å². The molecule has 0 aliphatic carbocycles. The van der Waals surface area contributed by atoms with Gasteiger partial charge in [0.25, 0.3) is 0 Å². The molecule has 0 aliphatic heterocycles. The zero-order valence-electron chi connectivity index (χ0n) is 16.1. The molecule has 1 nitrogen and oxygen atoms in total. The highest BCUT2D eigenvalue weighted by molar-refractivity contribution is 6.40. The third kappa shape index (κ3) is 2.71. The highest BCUT2D eigenvalue weighted by Gasteiger charge is 2.14. The van der Waals surface area contributed by atoms with Crippen LogP contribution in [0.1, 0.15) is 0 Å². The van der Waals surface area contributed by atoms with Gasteiger partial charge in [-0.3, -0.25) is 0 Å². The topological polar surface area (TPSA) is 13.1 Å². The van der Waals surface area contributed by atoms with E-state index in [1.807, 2.05) is 30.3 Å². The molecule has 1 heterocycles. The molecule has 30 heavy (non-hydrogen) atoms. The fraction of sp³-hybridized carbons (Fsp3) is 0. The van der Waals surface area contributed by atoms with Gasteiger partial charge in [-0.05, 0) is 57.8 Å². The number of rotatable bonds is 2. The largest absolute Gasteiger partial charge is 0.456 e. The van der Waals surface area contributed by atoms with E-state index in [1.54, 1.807) is 0 Å². The Labute approximate surface area is 179 Å². The van der Waals surface area contributed by atoms with Crippen LogP contribution in [0, 0.1) is 0 Å². The van der Waals surface area contributed by atoms with E-state index in [-0.39, 0.29) is 0 Å². The Kier molecular flexibility index (Phi) is 3.90. The summed E-state index contributed by atoms with van der Waals surface area (Å²) in [7, 11) is 0. The predicted molar refractivity (Wildman–Crippen MR) is 127 cm³/mol. The van der Waals surface area contributed by atoms with E-state index in [2.05, 4.69) is 72.8 Å². The van der Waals surface area contributed by atoms with Crippen LogP contribution in [0.3, 0.4) is 0 Å². The number of fused-ring (bicyclic) bond motifs is 4. The van der Waals surface area contributed by atoms with Crippen molar-refractivity contribution in [3.05, 3.63) is 108 Å². The second kappa shape index (κ2) is 6.76. The lowest BCUT2D eigenvalue weighted by atomic mass is 9.97. The summed E-state index contributed by atoms with van der Waals surface area (Å²) < 4.78 is 5.97. The molecule has 0 saturated heterocycles. The van der Waals surface area contributed by atoms with Crippen LogP contribution in [0.25, 0.3) is 55.0 Å². The van der Waals surface area contributed by atoms with Crippen LogP contribution in [-0.2, 0) is 0 Å². The van der Waals surface area contributed by atoms with E-state index < -0.39 is 0 Å². The van der Waals surface area contributed by atoms with Crippen molar-refractivity contribution in [3.8, 4) is 22.3 Å². The molecule has 0 radical (unpaired) electrons. The Balaban J connectivity index is 1.54. The van der Waals surface area contributed by atoms with Crippen LogP contribution < -0.4 is 0 Å². The Morgan fingerprint density at radius 2 is 1.27 bits per heavy atom. The number of hydrogen-bond donors (Lipinski definition) is 0. The minimum absolute atomic E-state index is 0.732. The molecule has 0 unspecified atom stereocenters. The van der Waals surface area contributed by atoms with Crippen LogP contribution in [0.4, 0.5) is 0 Å². The smallest absolute Gasteiger partial charge is 0.136 e. The molecule has 0 atom stereocenters. The van der Waals surface area contributed by atoms with Crippen molar-refractivity contribution in [1.29, 1.82) is 0 Å². The molecular weight excluding hydrogens is 388 g/mol. The van der Waals surface area contributed by atoms with Crippen molar-refractivity contribution in [1.82, 2.24) is 0 Å². The van der Waals surface area contributed by atoms with Crippen LogP contribution >= 0.6 is 11.6 Å². The molecule has 2 heteroatoms. The average Bonchev–Trinajstić information content (AvgIpc) is 3.19. The van der Waals surface area contributed by atoms with Gasteiger partial charge in [-0.15, -0.1) is 0 Å². The highest BCUT2D eigenvalue weighted by Crippen LogP contribution is 2.40. The normalized spacial score (nSPS) is 11.5. The molecule has 0 amide bonds. The molecule has 5 aromatic carbocycles. The van der Waals surface area contributed by atoms with Crippen molar-refractivity contribution in [3.63, 3.8) is 0 Å². The third-order valence-corrected chi connectivity index (χ3v) is 6.13. The molecule has 0 aliphatic rings. The molecule has 6 rings (SSSR count). The summed E-state index contributed by atoms with van der Waals surface area (Å²) in [4.78, 5) is 0. The highest BCUT2D eigenvalue weighted by atomic mass is 35.5. The maximum absolute atomic E-state index is 6.91. The SMILES string of the molecule is Clc1c(-c2ccc3ccc(-c4ccccc4)cc3c2)ccc2oc3ccccc3c12. The monoisotopic (exact) mass is 404 g/mol. The van der Waals surface area contributed by atoms with Gasteiger partial charge in [-0.2, -0.15) is 0 Å². The van der Waals surface area contributed by atoms with Gasteiger partial charge in [0.2, 0.25) is 0 Å². The first kappa shape index (κ1) is 17.3. The minimum atomic E-state index is 0.732. The molecule has 0 spiro atoms. The Morgan fingerprint density at radius 1 is 0.533 bits per heavy atom. The summed E-state index contributed by atoms with van der Waals surface area (Å²) >= 11 is 6.91. The maximum Gasteiger partial charge on any atom is 0.136 e. The van der Waals surface area contributed by atoms with Gasteiger partial charge in [0.05, 0.1) is 5.02 Å². The minimum Gasteiger partial charge on any atom is -0.456 e. The molecular formula is C28H17ClO. The predicted octanol–water partition coefficient (Wildman–Crippen LogP) is 8.73. The second-order valence-corrected chi connectivity index (χ2v) is 7.92. The number of hydrogen-bond acceptors (Lipinski definition) is 1. The summed E-state index contributed by atoms with van der Waals surface area (Å²) in [5.74, 6) is 0. The van der Waals surface area contributed by atoms with Crippen molar-refractivity contribution >= 4 is 44.3 Å². The van der Waals surface area contributed by atoms with Crippen LogP contribution in [0.5, 0.6) is 0 Å². The number of halogens is 1. The lowest BCUT2D eigenvalue weighted by molar-refractivity contribution is 0.669. The van der Waals surface area contributed by atoms with Crippen LogP contribution in [0.2, 0.25) is 5.02 Å². The fourth-order valence-electron chi connectivity index (χ4n) is 4.22. The van der Waals surface area contributed by atoms with E-state index in [4.69, 9.17) is 16.0 Å². The summed E-state index contributed by atoms with van der Waals surface area (Å²) in [5, 5.41) is 5.16. The number of para-hydroxylation sites is 1. The Morgan fingerprint density at radius 3 is 2.13 bits per heavy atom. The molecule has 142 valence electrons. The molecule has 0 fully saturated rings. The molecule has 0 saturated carbocycles. The summed E-state index contributed by atoms with van der Waals surface area (Å²) in [6.45, 7) is 0. The van der Waals surface area contributed by atoms with E-state index in [0.29, 0.717) is 0 Å². The van der Waals surface area contributed by atoms with E-state index >= 15 is 0 Å². The first-order chi connectivity index (χ1) is 14.8. The Bertz CT molecular complexity index is 1540. The zero-order chi connectivity index (χ0) is 20.1. The van der Waals surface area contributed by atoms with Gasteiger partial charge in [0.1, 0.15) is 11.2 Å². The molecule has 0 bridgehead atoms. The van der Waals surface area contributed by atoms with Crippen molar-refractivity contribution < 1.29 is 4.42 Å². The lowest BCUT2D eigenvalue weighted by Gasteiger charge is -2.09. The van der Waals surface area contributed by atoms with Crippen molar-refractivity contribution in [2.24, 2.45) is 0 Å². The van der Waals surface area contributed by atoms with Crippen molar-refractivity contribution in [2.75, 3.05) is 0 Å². The fourth-order valence-corrected chi connectivity index (χ4v) is 4.59. The molecule has 6 aromatic rings. The van der Waals surface area contributed by atoms with E-state index in [1.165, 1.54) is 21.9 Å². The van der Waals surface area contributed by atoms with Crippen molar-refractivity contribution in [2.45, 2.75) is 0 Å². The summed E-state index contributed by atoms with van der Waals surface area (Å²) in [6.07, 6.45) is 0. The maximum atomic E-state index is 6.91. The van der Waals surface area contributed by atoms with Crippen LogP contribution in [0.15, 0.2) is 108 Å². The number of benzene rings is 5. The Hall–Kier alpha value is -3.55. The summed E-state index contributed by atoms with van der Waals surface area (Å²) in [5.41, 5.74) is 6.22. The standard InChI is InChI=1S/C28H17ClO/c29-28-23(14-15-26-27(28)24-8-4-5-9-25(24)30-26)21-13-11-19-10-12-20(16-22(19)17-21)18-6-2-1-3-7-18/h1-17H. The average molecular weight is 405 g/mol. The molecule has 1 aromatic heterocycles. The van der Waals surface area contributed by atoms with Gasteiger partial charge in [-0.1, -0.05) is 84.4 Å². The van der Waals surface area contributed by atoms with E-state index in [0.717, 1.165) is 38.1 Å². The summed E-state index contributed by atoms with van der Waals surface area (Å²) in [6, 6.07) is 35.7. The third-order valence-electron chi connectivity index (χ3n) is 5.74. The second-order valence-electron chi connectivity index (χ2n) is 7.54. The first-order valence-corrected chi connectivity index (χ1v) is 10.3. The van der Waals surface area contributed by atoms with Gasteiger partial charge in [-0.25, -0.2) is 0 Å². The van der Waals surface area contributed by atoms with Gasteiger partial charge in [0, 0.05) is 16.3 Å². The zero-order valence-corrected chi connectivity index (χ0v) is 16.9. The lowest BCUT2D eigenvalue weighted by Crippen LogP contribution is -1.83.